The molecule has 0 aromatic rings. The standard InChI is InChI=1S/C21H43N3O5/c1-8-21(13-27-10-16(3)22-9-2,14-28-11-17(4)23-19(6)25)15-29-12-18(5)24-20(7)26/h16-18,22H,8-15H2,1-7H3,(H,23,25)(H,24,26). The lowest BCUT2D eigenvalue weighted by atomic mass is 9.88. The molecule has 0 aliphatic heterocycles. The van der Waals surface area contributed by atoms with E-state index in [2.05, 4.69) is 36.7 Å². The first kappa shape index (κ1) is 27.8. The molecule has 0 fully saturated rings. The predicted octanol–water partition coefficient (Wildman–Crippen LogP) is 1.48. The molecule has 8 nitrogen and oxygen atoms in total. The largest absolute Gasteiger partial charge is 0.379 e. The van der Waals surface area contributed by atoms with Crippen molar-refractivity contribution in [3.8, 4) is 0 Å². The molecule has 3 unspecified atom stereocenters. The van der Waals surface area contributed by atoms with Gasteiger partial charge in [-0.05, 0) is 33.7 Å². The van der Waals surface area contributed by atoms with Gasteiger partial charge in [0, 0.05) is 37.4 Å². The zero-order valence-electron chi connectivity index (χ0n) is 19.4. The summed E-state index contributed by atoms with van der Waals surface area (Å²) in [6.07, 6.45) is 0.825. The normalized spacial score (nSPS) is 16.5. The van der Waals surface area contributed by atoms with Gasteiger partial charge in [-0.3, -0.25) is 9.59 Å². The van der Waals surface area contributed by atoms with Crippen molar-refractivity contribution in [1.82, 2.24) is 16.0 Å². The average Bonchev–Trinajstić information content (AvgIpc) is 2.60. The minimum Gasteiger partial charge on any atom is -0.379 e. The third-order valence-electron chi connectivity index (χ3n) is 4.53. The maximum absolute atomic E-state index is 11.2. The van der Waals surface area contributed by atoms with Crippen molar-refractivity contribution in [2.24, 2.45) is 5.41 Å². The van der Waals surface area contributed by atoms with Gasteiger partial charge in [0.15, 0.2) is 0 Å². The van der Waals surface area contributed by atoms with Crippen LogP contribution in [-0.4, -0.2) is 76.1 Å². The van der Waals surface area contributed by atoms with Crippen LogP contribution in [0.1, 0.15) is 54.9 Å². The number of ether oxygens (including phenoxy) is 3. The first-order chi connectivity index (χ1) is 13.6. The van der Waals surface area contributed by atoms with Crippen molar-refractivity contribution < 1.29 is 23.8 Å². The summed E-state index contributed by atoms with van der Waals surface area (Å²) in [6, 6.07) is 0.158. The van der Waals surface area contributed by atoms with E-state index in [1.54, 1.807) is 0 Å². The van der Waals surface area contributed by atoms with Gasteiger partial charge in [0.1, 0.15) is 0 Å². The van der Waals surface area contributed by atoms with Gasteiger partial charge in [-0.25, -0.2) is 0 Å². The summed E-state index contributed by atoms with van der Waals surface area (Å²) in [4.78, 5) is 22.3. The Morgan fingerprint density at radius 1 is 0.759 bits per heavy atom. The van der Waals surface area contributed by atoms with Crippen molar-refractivity contribution in [1.29, 1.82) is 0 Å². The Morgan fingerprint density at radius 2 is 1.14 bits per heavy atom. The number of hydrogen-bond acceptors (Lipinski definition) is 6. The molecule has 0 aromatic carbocycles. The summed E-state index contributed by atoms with van der Waals surface area (Å²) < 4.78 is 17.8. The van der Waals surface area contributed by atoms with Crippen LogP contribution < -0.4 is 16.0 Å². The van der Waals surface area contributed by atoms with E-state index in [1.165, 1.54) is 13.8 Å². The molecular formula is C21H43N3O5. The van der Waals surface area contributed by atoms with Crippen LogP contribution in [0.15, 0.2) is 0 Å². The van der Waals surface area contributed by atoms with E-state index in [4.69, 9.17) is 14.2 Å². The highest BCUT2D eigenvalue weighted by Gasteiger charge is 2.30. The third kappa shape index (κ3) is 14.4. The van der Waals surface area contributed by atoms with Crippen molar-refractivity contribution in [2.75, 3.05) is 46.2 Å². The Balaban J connectivity index is 4.74. The fraction of sp³-hybridized carbons (Fsp3) is 0.905. The van der Waals surface area contributed by atoms with Crippen LogP contribution in [0.4, 0.5) is 0 Å². The number of rotatable bonds is 17. The number of carbonyl (C=O) groups is 2. The minimum absolute atomic E-state index is 0.0579. The Bertz CT molecular complexity index is 434. The fourth-order valence-corrected chi connectivity index (χ4v) is 2.97. The highest BCUT2D eigenvalue weighted by molar-refractivity contribution is 5.73. The van der Waals surface area contributed by atoms with Crippen LogP contribution in [0.25, 0.3) is 0 Å². The highest BCUT2D eigenvalue weighted by Crippen LogP contribution is 2.24. The molecular weight excluding hydrogens is 374 g/mol. The van der Waals surface area contributed by atoms with E-state index in [0.717, 1.165) is 13.0 Å². The van der Waals surface area contributed by atoms with Gasteiger partial charge in [-0.2, -0.15) is 0 Å². The Hall–Kier alpha value is -1.22. The first-order valence-corrected chi connectivity index (χ1v) is 10.6. The zero-order chi connectivity index (χ0) is 22.3. The number of amides is 2. The number of nitrogens with one attached hydrogen (secondary N) is 3. The van der Waals surface area contributed by atoms with Crippen molar-refractivity contribution in [3.05, 3.63) is 0 Å². The van der Waals surface area contributed by atoms with E-state index in [0.29, 0.717) is 39.6 Å². The molecule has 0 saturated carbocycles. The highest BCUT2D eigenvalue weighted by atomic mass is 16.5. The van der Waals surface area contributed by atoms with Crippen LogP contribution in [0.2, 0.25) is 0 Å². The molecule has 3 atom stereocenters. The summed E-state index contributed by atoms with van der Waals surface area (Å²) in [5.74, 6) is -0.141. The molecule has 0 spiro atoms. The molecule has 0 aromatic heterocycles. The molecule has 0 bridgehead atoms. The number of carbonyl (C=O) groups excluding carboxylic acids is 2. The maximum Gasteiger partial charge on any atom is 0.217 e. The molecule has 0 radical (unpaired) electrons. The van der Waals surface area contributed by atoms with Gasteiger partial charge < -0.3 is 30.2 Å². The second-order valence-electron chi connectivity index (χ2n) is 8.06. The molecule has 172 valence electrons. The van der Waals surface area contributed by atoms with Gasteiger partial charge >= 0.3 is 0 Å². The minimum atomic E-state index is -0.294. The van der Waals surface area contributed by atoms with E-state index in [9.17, 15) is 9.59 Å². The van der Waals surface area contributed by atoms with E-state index >= 15 is 0 Å². The van der Waals surface area contributed by atoms with E-state index in [1.807, 2.05) is 13.8 Å². The Labute approximate surface area is 176 Å². The third-order valence-corrected chi connectivity index (χ3v) is 4.53. The van der Waals surface area contributed by atoms with Crippen LogP contribution in [0, 0.1) is 5.41 Å². The Kier molecular flexibility index (Phi) is 14.9. The van der Waals surface area contributed by atoms with Crippen LogP contribution in [-0.2, 0) is 23.8 Å². The number of hydrogen-bond donors (Lipinski definition) is 3. The van der Waals surface area contributed by atoms with Gasteiger partial charge in [-0.15, -0.1) is 0 Å². The molecule has 0 aliphatic carbocycles. The topological polar surface area (TPSA) is 97.9 Å². The SMILES string of the molecule is CCNC(C)COCC(CC)(COCC(C)NC(C)=O)COCC(C)NC(C)=O. The zero-order valence-corrected chi connectivity index (χ0v) is 19.4. The molecule has 2 amide bonds. The molecule has 8 heteroatoms. The molecule has 0 aliphatic rings. The molecule has 0 rings (SSSR count). The van der Waals surface area contributed by atoms with Gasteiger partial charge in [0.05, 0.1) is 39.6 Å². The monoisotopic (exact) mass is 417 g/mol. The molecule has 0 heterocycles. The smallest absolute Gasteiger partial charge is 0.217 e. The lowest BCUT2D eigenvalue weighted by Gasteiger charge is -2.33. The van der Waals surface area contributed by atoms with Crippen LogP contribution >= 0.6 is 0 Å². The quantitative estimate of drug-likeness (QED) is 0.332. The van der Waals surface area contributed by atoms with E-state index in [-0.39, 0.29) is 35.4 Å². The molecule has 29 heavy (non-hydrogen) atoms. The summed E-state index contributed by atoms with van der Waals surface area (Å²) in [5, 5.41) is 8.98. The van der Waals surface area contributed by atoms with Gasteiger partial charge in [0.25, 0.3) is 0 Å². The van der Waals surface area contributed by atoms with Crippen molar-refractivity contribution >= 4 is 11.8 Å². The second-order valence-corrected chi connectivity index (χ2v) is 8.06. The summed E-state index contributed by atoms with van der Waals surface area (Å²) in [7, 11) is 0. The van der Waals surface area contributed by atoms with Gasteiger partial charge in [-0.1, -0.05) is 13.8 Å². The maximum atomic E-state index is 11.2. The fourth-order valence-electron chi connectivity index (χ4n) is 2.97. The second kappa shape index (κ2) is 15.6. The average molecular weight is 418 g/mol. The lowest BCUT2D eigenvalue weighted by molar-refractivity contribution is -0.120. The van der Waals surface area contributed by atoms with E-state index < -0.39 is 0 Å². The molecule has 3 N–H and O–H groups in total. The molecule has 0 saturated heterocycles. The van der Waals surface area contributed by atoms with Gasteiger partial charge in [0.2, 0.25) is 11.8 Å². The lowest BCUT2D eigenvalue weighted by Crippen LogP contribution is -2.42. The summed E-state index contributed by atoms with van der Waals surface area (Å²) in [5.41, 5.74) is -0.294. The van der Waals surface area contributed by atoms with Crippen LogP contribution in [0.5, 0.6) is 0 Å². The van der Waals surface area contributed by atoms with Crippen molar-refractivity contribution in [3.63, 3.8) is 0 Å². The van der Waals surface area contributed by atoms with Crippen LogP contribution in [0.3, 0.4) is 0 Å². The first-order valence-electron chi connectivity index (χ1n) is 10.6. The summed E-state index contributed by atoms with van der Waals surface area (Å²) >= 11 is 0. The Morgan fingerprint density at radius 3 is 1.45 bits per heavy atom. The summed E-state index contributed by atoms with van der Waals surface area (Å²) in [6.45, 7) is 16.9. The van der Waals surface area contributed by atoms with Crippen molar-refractivity contribution in [2.45, 2.75) is 73.0 Å². The number of likely N-dealkylation sites (N-methyl/N-ethyl adjacent to an activating group) is 1. The predicted molar refractivity (Wildman–Crippen MR) is 115 cm³/mol.